The number of ketones is 1. The largest absolute Gasteiger partial charge is 0.466 e. The predicted octanol–water partition coefficient (Wildman–Crippen LogP) is 3.51. The number of esters is 1. The molecule has 0 aromatic heterocycles. The van der Waals surface area contributed by atoms with Crippen LogP contribution in [0.2, 0.25) is 0 Å². The van der Waals surface area contributed by atoms with Crippen LogP contribution in [0.5, 0.6) is 0 Å². The van der Waals surface area contributed by atoms with Crippen molar-refractivity contribution in [3.8, 4) is 0 Å². The predicted molar refractivity (Wildman–Crippen MR) is 68.8 cm³/mol. The second-order valence-corrected chi connectivity index (χ2v) is 4.84. The average molecular weight is 242 g/mol. The van der Waals surface area contributed by atoms with E-state index in [1.165, 1.54) is 12.8 Å². The van der Waals surface area contributed by atoms with Gasteiger partial charge in [0.25, 0.3) is 0 Å². The van der Waals surface area contributed by atoms with Crippen molar-refractivity contribution in [2.75, 3.05) is 6.61 Å². The van der Waals surface area contributed by atoms with E-state index in [0.29, 0.717) is 19.4 Å². The van der Waals surface area contributed by atoms with Crippen LogP contribution in [-0.2, 0) is 14.3 Å². The van der Waals surface area contributed by atoms with Crippen LogP contribution < -0.4 is 0 Å². The van der Waals surface area contributed by atoms with Crippen LogP contribution >= 0.6 is 0 Å². The first kappa shape index (κ1) is 16.1. The van der Waals surface area contributed by atoms with E-state index in [0.717, 1.165) is 18.8 Å². The number of carbonyl (C=O) groups is 2. The zero-order valence-corrected chi connectivity index (χ0v) is 11.5. The third-order valence-corrected chi connectivity index (χ3v) is 2.65. The monoisotopic (exact) mass is 242 g/mol. The van der Waals surface area contributed by atoms with Crippen molar-refractivity contribution in [2.45, 2.75) is 65.7 Å². The lowest BCUT2D eigenvalue weighted by Gasteiger charge is -2.04. The molecule has 0 amide bonds. The summed E-state index contributed by atoms with van der Waals surface area (Å²) in [5.41, 5.74) is 0. The summed E-state index contributed by atoms with van der Waals surface area (Å²) in [6.45, 7) is 6.59. The second kappa shape index (κ2) is 10.3. The lowest BCUT2D eigenvalue weighted by molar-refractivity contribution is -0.144. The standard InChI is InChI=1S/C14H26O3/c1-4-17-14(16)11-10-13(15)9-7-5-6-8-12(2)3/h12H,4-11H2,1-3H3. The number of ether oxygens (including phenoxy) is 1. The molecular weight excluding hydrogens is 216 g/mol. The van der Waals surface area contributed by atoms with Crippen molar-refractivity contribution in [3.05, 3.63) is 0 Å². The molecule has 3 nitrogen and oxygen atoms in total. The summed E-state index contributed by atoms with van der Waals surface area (Å²) in [5, 5.41) is 0. The maximum absolute atomic E-state index is 11.4. The third kappa shape index (κ3) is 11.4. The van der Waals surface area contributed by atoms with Crippen LogP contribution in [0.4, 0.5) is 0 Å². The highest BCUT2D eigenvalue weighted by molar-refractivity contribution is 5.82. The van der Waals surface area contributed by atoms with Gasteiger partial charge in [-0.3, -0.25) is 9.59 Å². The van der Waals surface area contributed by atoms with Crippen LogP contribution in [0, 0.1) is 5.92 Å². The van der Waals surface area contributed by atoms with Crippen LogP contribution in [-0.4, -0.2) is 18.4 Å². The van der Waals surface area contributed by atoms with Gasteiger partial charge in [-0.15, -0.1) is 0 Å². The van der Waals surface area contributed by atoms with Crippen molar-refractivity contribution in [3.63, 3.8) is 0 Å². The Morgan fingerprint density at radius 2 is 1.71 bits per heavy atom. The van der Waals surface area contributed by atoms with Gasteiger partial charge in [0.1, 0.15) is 5.78 Å². The SMILES string of the molecule is CCOC(=O)CCC(=O)CCCCCC(C)C. The van der Waals surface area contributed by atoms with E-state index < -0.39 is 0 Å². The van der Waals surface area contributed by atoms with Crippen molar-refractivity contribution in [1.29, 1.82) is 0 Å². The Labute approximate surface area is 105 Å². The minimum Gasteiger partial charge on any atom is -0.466 e. The van der Waals surface area contributed by atoms with Gasteiger partial charge in [-0.2, -0.15) is 0 Å². The van der Waals surface area contributed by atoms with Gasteiger partial charge in [0.05, 0.1) is 13.0 Å². The molecule has 0 bridgehead atoms. The van der Waals surface area contributed by atoms with Gasteiger partial charge in [0, 0.05) is 12.8 Å². The van der Waals surface area contributed by atoms with Crippen molar-refractivity contribution in [1.82, 2.24) is 0 Å². The van der Waals surface area contributed by atoms with Gasteiger partial charge in [-0.1, -0.05) is 33.1 Å². The fraction of sp³-hybridized carbons (Fsp3) is 0.857. The molecule has 0 aromatic carbocycles. The highest BCUT2D eigenvalue weighted by atomic mass is 16.5. The molecule has 0 atom stereocenters. The zero-order chi connectivity index (χ0) is 13.1. The molecule has 0 rings (SSSR count). The summed E-state index contributed by atoms with van der Waals surface area (Å²) >= 11 is 0. The third-order valence-electron chi connectivity index (χ3n) is 2.65. The number of hydrogen-bond acceptors (Lipinski definition) is 3. The number of rotatable bonds is 10. The molecule has 0 spiro atoms. The molecule has 0 aliphatic carbocycles. The number of unbranched alkanes of at least 4 members (excludes halogenated alkanes) is 2. The van der Waals surface area contributed by atoms with Crippen molar-refractivity contribution >= 4 is 11.8 Å². The fourth-order valence-electron chi connectivity index (χ4n) is 1.65. The van der Waals surface area contributed by atoms with Crippen LogP contribution in [0.15, 0.2) is 0 Å². The van der Waals surface area contributed by atoms with Gasteiger partial charge >= 0.3 is 5.97 Å². The molecule has 0 N–H and O–H groups in total. The summed E-state index contributed by atoms with van der Waals surface area (Å²) < 4.78 is 4.77. The van der Waals surface area contributed by atoms with Gasteiger partial charge in [0.2, 0.25) is 0 Å². The van der Waals surface area contributed by atoms with Crippen LogP contribution in [0.1, 0.15) is 65.7 Å². The minimum absolute atomic E-state index is 0.183. The van der Waals surface area contributed by atoms with Crippen LogP contribution in [0.3, 0.4) is 0 Å². The van der Waals surface area contributed by atoms with E-state index >= 15 is 0 Å². The molecule has 100 valence electrons. The number of hydrogen-bond donors (Lipinski definition) is 0. The fourth-order valence-corrected chi connectivity index (χ4v) is 1.65. The second-order valence-electron chi connectivity index (χ2n) is 4.84. The molecule has 0 saturated heterocycles. The van der Waals surface area contributed by atoms with Gasteiger partial charge in [0.15, 0.2) is 0 Å². The topological polar surface area (TPSA) is 43.4 Å². The molecular formula is C14H26O3. The van der Waals surface area contributed by atoms with Gasteiger partial charge < -0.3 is 4.74 Å². The average Bonchev–Trinajstić information content (AvgIpc) is 2.26. The summed E-state index contributed by atoms with van der Waals surface area (Å²) in [6, 6.07) is 0. The Hall–Kier alpha value is -0.860. The van der Waals surface area contributed by atoms with E-state index in [2.05, 4.69) is 13.8 Å². The lowest BCUT2D eigenvalue weighted by atomic mass is 10.0. The minimum atomic E-state index is -0.263. The van der Waals surface area contributed by atoms with E-state index in [-0.39, 0.29) is 18.2 Å². The van der Waals surface area contributed by atoms with E-state index in [4.69, 9.17) is 4.74 Å². The molecule has 0 radical (unpaired) electrons. The molecule has 0 aliphatic rings. The van der Waals surface area contributed by atoms with Gasteiger partial charge in [-0.25, -0.2) is 0 Å². The highest BCUT2D eigenvalue weighted by Crippen LogP contribution is 2.10. The Balaban J connectivity index is 3.38. The van der Waals surface area contributed by atoms with E-state index in [9.17, 15) is 9.59 Å². The smallest absolute Gasteiger partial charge is 0.306 e. The first-order chi connectivity index (χ1) is 8.06. The quantitative estimate of drug-likeness (QED) is 0.435. The maximum Gasteiger partial charge on any atom is 0.306 e. The summed E-state index contributed by atoms with van der Waals surface area (Å²) in [5.74, 6) is 0.665. The summed E-state index contributed by atoms with van der Waals surface area (Å²) in [6.07, 6.45) is 5.68. The Morgan fingerprint density at radius 1 is 1.00 bits per heavy atom. The first-order valence-corrected chi connectivity index (χ1v) is 6.73. The molecule has 0 aliphatic heterocycles. The Bertz CT molecular complexity index is 222. The van der Waals surface area contributed by atoms with Crippen molar-refractivity contribution in [2.24, 2.45) is 5.92 Å². The highest BCUT2D eigenvalue weighted by Gasteiger charge is 2.07. The van der Waals surface area contributed by atoms with Gasteiger partial charge in [-0.05, 0) is 19.3 Å². The van der Waals surface area contributed by atoms with E-state index in [1.807, 2.05) is 0 Å². The number of Topliss-reactive ketones (excluding diaryl/α,β-unsaturated/α-hetero) is 1. The Kier molecular flexibility index (Phi) is 9.78. The molecule has 0 unspecified atom stereocenters. The van der Waals surface area contributed by atoms with Crippen molar-refractivity contribution < 1.29 is 14.3 Å². The summed E-state index contributed by atoms with van der Waals surface area (Å²) in [7, 11) is 0. The lowest BCUT2D eigenvalue weighted by Crippen LogP contribution is -2.07. The molecule has 3 heteroatoms. The molecule has 0 heterocycles. The normalized spacial score (nSPS) is 10.6. The van der Waals surface area contributed by atoms with E-state index in [1.54, 1.807) is 6.92 Å². The Morgan fingerprint density at radius 3 is 2.29 bits per heavy atom. The van der Waals surface area contributed by atoms with Crippen LogP contribution in [0.25, 0.3) is 0 Å². The maximum atomic E-state index is 11.4. The molecule has 0 aromatic rings. The first-order valence-electron chi connectivity index (χ1n) is 6.73. The zero-order valence-electron chi connectivity index (χ0n) is 11.5. The molecule has 0 fully saturated rings. The summed E-state index contributed by atoms with van der Waals surface area (Å²) in [4.78, 5) is 22.5. The molecule has 0 saturated carbocycles. The number of carbonyl (C=O) groups excluding carboxylic acids is 2. The molecule has 17 heavy (non-hydrogen) atoms.